The fourth-order valence-electron chi connectivity index (χ4n) is 9.84. The number of hydrogen-bond donors (Lipinski definition) is 2. The minimum atomic E-state index is -1.26. The van der Waals surface area contributed by atoms with E-state index in [2.05, 4.69) is 66.9 Å². The highest BCUT2D eigenvalue weighted by Gasteiger charge is 2.41. The number of hydrazine groups is 1. The van der Waals surface area contributed by atoms with Crippen molar-refractivity contribution < 1.29 is 37.8 Å². The molecule has 15 heteroatoms. The van der Waals surface area contributed by atoms with E-state index in [9.17, 15) is 24.0 Å². The number of esters is 1. The van der Waals surface area contributed by atoms with E-state index >= 15 is 4.39 Å². The number of amides is 4. The molecule has 66 heavy (non-hydrogen) atoms. The molecule has 4 amide bonds. The molecule has 2 N–H and O–H groups in total. The van der Waals surface area contributed by atoms with Crippen LogP contribution < -0.4 is 10.7 Å². The number of aryl methyl sites for hydroxylation is 1. The van der Waals surface area contributed by atoms with Crippen molar-refractivity contribution in [1.29, 1.82) is 0 Å². The molecule has 5 heterocycles. The molecule has 0 aliphatic carbocycles. The van der Waals surface area contributed by atoms with Crippen LogP contribution in [0.1, 0.15) is 83.7 Å². The average Bonchev–Trinajstić information content (AvgIpc) is 3.94. The van der Waals surface area contributed by atoms with Crippen LogP contribution in [0.3, 0.4) is 0 Å². The van der Waals surface area contributed by atoms with Crippen LogP contribution in [0.25, 0.3) is 33.3 Å². The molecule has 7 rings (SSSR count). The van der Waals surface area contributed by atoms with Crippen molar-refractivity contribution in [3.8, 4) is 22.4 Å². The first-order chi connectivity index (χ1) is 31.6. The molecular formula is C51H64FN7O7. The molecule has 3 aliphatic heterocycles. The Hall–Kier alpha value is -5.93. The summed E-state index contributed by atoms with van der Waals surface area (Å²) in [5.41, 5.74) is 10.1. The molecule has 14 nitrogen and oxygen atoms in total. The lowest BCUT2D eigenvalue weighted by Gasteiger charge is -2.37. The molecule has 2 aromatic heterocycles. The van der Waals surface area contributed by atoms with Gasteiger partial charge in [-0.1, -0.05) is 64.6 Å². The maximum Gasteiger partial charge on any atom is 0.324 e. The van der Waals surface area contributed by atoms with Crippen LogP contribution in [0, 0.1) is 17.3 Å². The standard InChI is InChI=1S/C51H64FN7O7/c1-9-43(60)56-23-20-36(28-56)48(62)58(30-52)45(31(3)4)47(61)54-41-25-33-14-11-15-34(24-33)35-18-19-42-38(26-35)39(46(57(42)10-2)37-16-12-21-53-44(37)32(5)65-8)27-51(6,7)29-66-50(64)40-17-13-22-59(55-40)49(41)63/h9,11-12,14-16,18-19,21,24,26,31-32,36,40-41,45,55H,1,10,13,17,20,22-23,25,27-30H2,2-8H3,(H,54,61)/t32-,36-,40-,41-,45-/m0/s1. The minimum absolute atomic E-state index is 0.0564. The molecule has 2 fully saturated rings. The fourth-order valence-corrected chi connectivity index (χ4v) is 9.84. The maximum atomic E-state index is 15.0. The van der Waals surface area contributed by atoms with Gasteiger partial charge >= 0.3 is 5.97 Å². The third kappa shape index (κ3) is 9.92. The van der Waals surface area contributed by atoms with Crippen LogP contribution in [0.4, 0.5) is 4.39 Å². The maximum absolute atomic E-state index is 15.0. The Balaban J connectivity index is 1.30. The van der Waals surface area contributed by atoms with Crippen molar-refractivity contribution >= 4 is 40.5 Å². The zero-order valence-corrected chi connectivity index (χ0v) is 39.3. The molecule has 4 aromatic rings. The van der Waals surface area contributed by atoms with E-state index in [1.165, 1.54) is 16.0 Å². The number of hydrogen-bond acceptors (Lipinski definition) is 9. The van der Waals surface area contributed by atoms with Gasteiger partial charge in [-0.05, 0) is 98.0 Å². The van der Waals surface area contributed by atoms with E-state index in [-0.39, 0.29) is 38.1 Å². The molecule has 0 radical (unpaired) electrons. The van der Waals surface area contributed by atoms with E-state index in [1.807, 2.05) is 37.3 Å². The number of ether oxygens (including phenoxy) is 2. The Labute approximate surface area is 386 Å². The highest BCUT2D eigenvalue weighted by Crippen LogP contribution is 2.42. The van der Waals surface area contributed by atoms with Crippen LogP contribution in [-0.2, 0) is 52.8 Å². The Morgan fingerprint density at radius 2 is 1.85 bits per heavy atom. The van der Waals surface area contributed by atoms with Crippen LogP contribution in [-0.4, -0.2) is 112 Å². The number of methoxy groups -OCH3 is 1. The molecular weight excluding hydrogens is 842 g/mol. The number of benzene rings is 2. The number of nitrogens with one attached hydrogen (secondary N) is 2. The summed E-state index contributed by atoms with van der Waals surface area (Å²) >= 11 is 0. The summed E-state index contributed by atoms with van der Waals surface area (Å²) in [5, 5.41) is 5.34. The largest absolute Gasteiger partial charge is 0.464 e. The molecule has 352 valence electrons. The minimum Gasteiger partial charge on any atom is -0.464 e. The first-order valence-electron chi connectivity index (χ1n) is 23.1. The molecule has 6 bridgehead atoms. The Morgan fingerprint density at radius 3 is 2.56 bits per heavy atom. The van der Waals surface area contributed by atoms with Gasteiger partial charge in [0.2, 0.25) is 17.7 Å². The Kier molecular flexibility index (Phi) is 14.8. The van der Waals surface area contributed by atoms with E-state index in [0.717, 1.165) is 55.0 Å². The van der Waals surface area contributed by atoms with Crippen LogP contribution in [0.5, 0.6) is 0 Å². The number of carbonyl (C=O) groups is 5. The van der Waals surface area contributed by atoms with Crippen LogP contribution in [0.15, 0.2) is 73.4 Å². The van der Waals surface area contributed by atoms with Gasteiger partial charge in [0, 0.05) is 67.8 Å². The molecule has 2 aromatic carbocycles. The fraction of sp³-hybridized carbons (Fsp3) is 0.490. The number of fused-ring (bicyclic) bond motifs is 6. The smallest absolute Gasteiger partial charge is 0.324 e. The number of pyridine rings is 1. The van der Waals surface area contributed by atoms with Crippen molar-refractivity contribution in [2.24, 2.45) is 17.3 Å². The first kappa shape index (κ1) is 48.0. The van der Waals surface area contributed by atoms with Crippen molar-refractivity contribution in [3.05, 3.63) is 90.3 Å². The quantitative estimate of drug-likeness (QED) is 0.0968. The number of rotatable bonds is 11. The average molecular weight is 906 g/mol. The van der Waals surface area contributed by atoms with Gasteiger partial charge in [0.25, 0.3) is 5.91 Å². The van der Waals surface area contributed by atoms with Gasteiger partial charge in [-0.25, -0.2) is 9.82 Å². The van der Waals surface area contributed by atoms with Crippen molar-refractivity contribution in [1.82, 2.24) is 35.1 Å². The Morgan fingerprint density at radius 1 is 1.08 bits per heavy atom. The second-order valence-corrected chi connectivity index (χ2v) is 18.9. The topological polar surface area (TPSA) is 155 Å². The SMILES string of the molecule is C=CC(=O)N1CC[C@H](C(=O)N(CF)[C@H](C(=O)N[C@H]2Cc3cccc(c3)-c3ccc4c(c3)c(c(-c3cccnc3[C@H](C)OC)n4CC)CC(C)(C)COC(=O)[C@@H]3CCCN(N3)C2=O)C(C)C)C1. The summed E-state index contributed by atoms with van der Waals surface area (Å²) in [7, 11) is 1.68. The van der Waals surface area contributed by atoms with Gasteiger partial charge in [0.05, 0.1) is 30.0 Å². The number of halogens is 1. The third-order valence-electron chi connectivity index (χ3n) is 13.3. The number of alkyl halides is 1. The van der Waals surface area contributed by atoms with E-state index < -0.39 is 65.9 Å². The predicted molar refractivity (Wildman–Crippen MR) is 250 cm³/mol. The van der Waals surface area contributed by atoms with Gasteiger partial charge in [-0.15, -0.1) is 0 Å². The Bertz CT molecular complexity index is 2480. The summed E-state index contributed by atoms with van der Waals surface area (Å²) < 4.78 is 29.3. The highest BCUT2D eigenvalue weighted by atomic mass is 19.1. The third-order valence-corrected chi connectivity index (χ3v) is 13.3. The lowest BCUT2D eigenvalue weighted by molar-refractivity contribution is -0.155. The van der Waals surface area contributed by atoms with Crippen molar-refractivity contribution in [2.45, 2.75) is 104 Å². The number of nitrogens with zero attached hydrogens (tertiary/aromatic N) is 5. The first-order valence-corrected chi connectivity index (χ1v) is 23.1. The zero-order valence-electron chi connectivity index (χ0n) is 39.3. The molecule has 2 saturated heterocycles. The zero-order chi connectivity index (χ0) is 47.4. The number of carbonyl (C=O) groups excluding carboxylic acids is 5. The summed E-state index contributed by atoms with van der Waals surface area (Å²) in [4.78, 5) is 76.5. The van der Waals surface area contributed by atoms with E-state index in [0.29, 0.717) is 38.8 Å². The summed E-state index contributed by atoms with van der Waals surface area (Å²) in [6.45, 7) is 15.5. The molecule has 3 aliphatic rings. The van der Waals surface area contributed by atoms with Gasteiger partial charge in [0.1, 0.15) is 18.1 Å². The normalized spacial score (nSPS) is 21.0. The van der Waals surface area contributed by atoms with Gasteiger partial charge < -0.3 is 29.2 Å². The molecule has 5 atom stereocenters. The second kappa shape index (κ2) is 20.3. The second-order valence-electron chi connectivity index (χ2n) is 18.9. The van der Waals surface area contributed by atoms with Crippen LogP contribution >= 0.6 is 0 Å². The number of likely N-dealkylation sites (tertiary alicyclic amines) is 1. The highest BCUT2D eigenvalue weighted by molar-refractivity contribution is 5.96. The predicted octanol–water partition coefficient (Wildman–Crippen LogP) is 6.56. The number of aromatic nitrogens is 2. The summed E-state index contributed by atoms with van der Waals surface area (Å²) in [6, 6.07) is 15.0. The summed E-state index contributed by atoms with van der Waals surface area (Å²) in [6.07, 6.45) is 4.56. The van der Waals surface area contributed by atoms with Gasteiger partial charge in [0.15, 0.2) is 6.80 Å². The molecule has 0 unspecified atom stereocenters. The lowest BCUT2D eigenvalue weighted by atomic mass is 9.84. The summed E-state index contributed by atoms with van der Waals surface area (Å²) in [5.74, 6) is -3.81. The van der Waals surface area contributed by atoms with E-state index in [1.54, 1.807) is 27.2 Å². The van der Waals surface area contributed by atoms with E-state index in [4.69, 9.17) is 14.5 Å². The molecule has 0 saturated carbocycles. The van der Waals surface area contributed by atoms with Crippen molar-refractivity contribution in [3.63, 3.8) is 0 Å². The van der Waals surface area contributed by atoms with Crippen molar-refractivity contribution in [2.75, 3.05) is 40.1 Å². The van der Waals surface area contributed by atoms with Gasteiger partial charge in [-0.3, -0.25) is 34.0 Å². The van der Waals surface area contributed by atoms with Crippen LogP contribution in [0.2, 0.25) is 0 Å². The monoisotopic (exact) mass is 905 g/mol. The van der Waals surface area contributed by atoms with Gasteiger partial charge in [-0.2, -0.15) is 0 Å². The lowest BCUT2D eigenvalue weighted by Crippen LogP contribution is -2.62. The molecule has 0 spiro atoms. The number of cyclic esters (lactones) is 1.